The molecule has 0 saturated heterocycles. The van der Waals surface area contributed by atoms with Crippen molar-refractivity contribution in [1.82, 2.24) is 10.6 Å². The molecule has 2 amide bonds. The van der Waals surface area contributed by atoms with Gasteiger partial charge in [0.05, 0.1) is 6.54 Å². The van der Waals surface area contributed by atoms with Crippen LogP contribution in [0.15, 0.2) is 24.3 Å². The number of hydrogen-bond donors (Lipinski definition) is 3. The van der Waals surface area contributed by atoms with Crippen molar-refractivity contribution >= 4 is 11.8 Å². The lowest BCUT2D eigenvalue weighted by Crippen LogP contribution is -2.35. The zero-order chi connectivity index (χ0) is 13.4. The van der Waals surface area contributed by atoms with Gasteiger partial charge >= 0.3 is 0 Å². The molecule has 0 aliphatic carbocycles. The Morgan fingerprint density at radius 2 is 2.17 bits per heavy atom. The minimum atomic E-state index is -0.341. The summed E-state index contributed by atoms with van der Waals surface area (Å²) in [4.78, 5) is 22.7. The van der Waals surface area contributed by atoms with Crippen molar-refractivity contribution in [3.63, 3.8) is 0 Å². The van der Waals surface area contributed by atoms with Crippen LogP contribution in [-0.2, 0) is 4.79 Å². The summed E-state index contributed by atoms with van der Waals surface area (Å²) >= 11 is 0. The lowest BCUT2D eigenvalue weighted by Gasteiger charge is -2.04. The Bertz CT molecular complexity index is 500. The molecule has 0 heterocycles. The predicted octanol–water partition coefficient (Wildman–Crippen LogP) is -0.494. The first-order chi connectivity index (χ1) is 8.67. The molecule has 1 aromatic rings. The largest absolute Gasteiger partial charge is 0.384 e. The number of aliphatic hydroxyl groups is 1. The zero-order valence-corrected chi connectivity index (χ0v) is 9.99. The van der Waals surface area contributed by atoms with Gasteiger partial charge < -0.3 is 15.7 Å². The maximum Gasteiger partial charge on any atom is 0.251 e. The lowest BCUT2D eigenvalue weighted by atomic mass is 10.1. The van der Waals surface area contributed by atoms with Crippen molar-refractivity contribution < 1.29 is 14.7 Å². The van der Waals surface area contributed by atoms with Crippen LogP contribution in [-0.4, -0.2) is 37.1 Å². The summed E-state index contributed by atoms with van der Waals surface area (Å²) in [6.07, 6.45) is 0. The van der Waals surface area contributed by atoms with Crippen molar-refractivity contribution in [2.45, 2.75) is 0 Å². The van der Waals surface area contributed by atoms with E-state index in [1.807, 2.05) is 0 Å². The lowest BCUT2D eigenvalue weighted by molar-refractivity contribution is -0.119. The molecule has 0 spiro atoms. The molecule has 1 rings (SSSR count). The van der Waals surface area contributed by atoms with Crippen LogP contribution in [0.2, 0.25) is 0 Å². The summed E-state index contributed by atoms with van der Waals surface area (Å²) in [5.41, 5.74) is 1.06. The number of amides is 2. The topological polar surface area (TPSA) is 78.4 Å². The van der Waals surface area contributed by atoms with Crippen molar-refractivity contribution in [2.75, 3.05) is 20.2 Å². The maximum absolute atomic E-state index is 11.7. The molecule has 0 saturated carbocycles. The number of nitrogens with one attached hydrogen (secondary N) is 2. The van der Waals surface area contributed by atoms with Gasteiger partial charge in [-0.25, -0.2) is 0 Å². The molecule has 0 unspecified atom stereocenters. The third-order valence-corrected chi connectivity index (χ3v) is 2.12. The van der Waals surface area contributed by atoms with E-state index in [2.05, 4.69) is 22.5 Å². The molecule has 94 valence electrons. The quantitative estimate of drug-likeness (QED) is 0.629. The average molecular weight is 246 g/mol. The van der Waals surface area contributed by atoms with Gasteiger partial charge in [-0.05, 0) is 18.2 Å². The number of rotatable bonds is 3. The summed E-state index contributed by atoms with van der Waals surface area (Å²) in [6, 6.07) is 6.65. The molecule has 0 radical (unpaired) electrons. The van der Waals surface area contributed by atoms with E-state index in [4.69, 9.17) is 5.11 Å². The van der Waals surface area contributed by atoms with Gasteiger partial charge in [0.2, 0.25) is 5.91 Å². The van der Waals surface area contributed by atoms with E-state index < -0.39 is 0 Å². The minimum absolute atomic E-state index is 0.0676. The molecule has 18 heavy (non-hydrogen) atoms. The van der Waals surface area contributed by atoms with Crippen LogP contribution >= 0.6 is 0 Å². The first-order valence-electron chi connectivity index (χ1n) is 5.36. The first kappa shape index (κ1) is 13.7. The van der Waals surface area contributed by atoms with Gasteiger partial charge in [0, 0.05) is 18.2 Å². The zero-order valence-electron chi connectivity index (χ0n) is 9.99. The first-order valence-corrected chi connectivity index (χ1v) is 5.36. The van der Waals surface area contributed by atoms with Crippen LogP contribution < -0.4 is 10.6 Å². The van der Waals surface area contributed by atoms with E-state index in [0.717, 1.165) is 0 Å². The molecule has 0 bridgehead atoms. The molecule has 0 aromatic heterocycles. The Labute approximate surface area is 105 Å². The van der Waals surface area contributed by atoms with E-state index in [1.54, 1.807) is 24.3 Å². The van der Waals surface area contributed by atoms with Crippen LogP contribution in [0.3, 0.4) is 0 Å². The summed E-state index contributed by atoms with van der Waals surface area (Å²) < 4.78 is 0. The molecule has 0 atom stereocenters. The Kier molecular flexibility index (Phi) is 5.42. The third kappa shape index (κ3) is 4.28. The van der Waals surface area contributed by atoms with Gasteiger partial charge in [-0.1, -0.05) is 17.9 Å². The monoisotopic (exact) mass is 246 g/mol. The number of aliphatic hydroxyl groups excluding tert-OH is 1. The second-order valence-electron chi connectivity index (χ2n) is 3.40. The number of likely N-dealkylation sites (N-methyl/N-ethyl adjacent to an activating group) is 1. The van der Waals surface area contributed by atoms with Crippen LogP contribution in [0, 0.1) is 11.8 Å². The Morgan fingerprint density at radius 3 is 2.83 bits per heavy atom. The van der Waals surface area contributed by atoms with Crippen LogP contribution in [0.5, 0.6) is 0 Å². The molecule has 0 aliphatic rings. The maximum atomic E-state index is 11.7. The minimum Gasteiger partial charge on any atom is -0.384 e. The predicted molar refractivity (Wildman–Crippen MR) is 66.8 cm³/mol. The number of benzene rings is 1. The van der Waals surface area contributed by atoms with Gasteiger partial charge in [-0.3, -0.25) is 9.59 Å². The third-order valence-electron chi connectivity index (χ3n) is 2.12. The van der Waals surface area contributed by atoms with Gasteiger partial charge in [-0.15, -0.1) is 0 Å². The van der Waals surface area contributed by atoms with Crippen molar-refractivity contribution in [1.29, 1.82) is 0 Å². The normalized spacial score (nSPS) is 9.00. The highest BCUT2D eigenvalue weighted by molar-refractivity contribution is 5.96. The second kappa shape index (κ2) is 7.09. The molecular formula is C13H14N2O3. The summed E-state index contributed by atoms with van der Waals surface area (Å²) in [5.74, 6) is 4.60. The highest BCUT2D eigenvalue weighted by Gasteiger charge is 2.06. The van der Waals surface area contributed by atoms with E-state index >= 15 is 0 Å². The van der Waals surface area contributed by atoms with E-state index in [0.29, 0.717) is 11.1 Å². The summed E-state index contributed by atoms with van der Waals surface area (Å²) in [7, 11) is 1.50. The highest BCUT2D eigenvalue weighted by atomic mass is 16.2. The standard InChI is InChI=1S/C13H14N2O3/c1-14-12(17)9-15-13(18)11-6-2-4-10(8-11)5-3-7-16/h2,4,6,8,16H,7,9H2,1H3,(H,14,17)(H,15,18). The number of carbonyl (C=O) groups excluding carboxylic acids is 2. The van der Waals surface area contributed by atoms with Crippen molar-refractivity contribution in [3.8, 4) is 11.8 Å². The Balaban J connectivity index is 2.71. The van der Waals surface area contributed by atoms with Crippen LogP contribution in [0.1, 0.15) is 15.9 Å². The Morgan fingerprint density at radius 1 is 1.39 bits per heavy atom. The molecular weight excluding hydrogens is 232 g/mol. The smallest absolute Gasteiger partial charge is 0.251 e. The van der Waals surface area contributed by atoms with Gasteiger partial charge in [0.25, 0.3) is 5.91 Å². The fraction of sp³-hybridized carbons (Fsp3) is 0.231. The Hall–Kier alpha value is -2.32. The van der Waals surface area contributed by atoms with Crippen LogP contribution in [0.25, 0.3) is 0 Å². The molecule has 1 aromatic carbocycles. The fourth-order valence-electron chi connectivity index (χ4n) is 1.23. The van der Waals surface area contributed by atoms with Crippen molar-refractivity contribution in [2.24, 2.45) is 0 Å². The van der Waals surface area contributed by atoms with Crippen LogP contribution in [0.4, 0.5) is 0 Å². The molecule has 5 nitrogen and oxygen atoms in total. The SMILES string of the molecule is CNC(=O)CNC(=O)c1cccc(C#CCO)c1. The van der Waals surface area contributed by atoms with Gasteiger partial charge in [0.1, 0.15) is 6.61 Å². The van der Waals surface area contributed by atoms with E-state index in [9.17, 15) is 9.59 Å². The molecule has 0 aliphatic heterocycles. The van der Waals surface area contributed by atoms with Gasteiger partial charge in [0.15, 0.2) is 0 Å². The number of carbonyl (C=O) groups is 2. The summed E-state index contributed by atoms with van der Waals surface area (Å²) in [6.45, 7) is -0.297. The second-order valence-corrected chi connectivity index (χ2v) is 3.40. The molecule has 0 fully saturated rings. The fourth-order valence-corrected chi connectivity index (χ4v) is 1.23. The summed E-state index contributed by atoms with van der Waals surface area (Å²) in [5, 5.41) is 13.5. The van der Waals surface area contributed by atoms with E-state index in [1.165, 1.54) is 7.05 Å². The highest BCUT2D eigenvalue weighted by Crippen LogP contribution is 2.03. The van der Waals surface area contributed by atoms with E-state index in [-0.39, 0.29) is 25.0 Å². The molecule has 5 heteroatoms. The number of hydrogen-bond acceptors (Lipinski definition) is 3. The average Bonchev–Trinajstić information content (AvgIpc) is 2.42. The van der Waals surface area contributed by atoms with Crippen molar-refractivity contribution in [3.05, 3.63) is 35.4 Å². The molecule has 3 N–H and O–H groups in total. The van der Waals surface area contributed by atoms with Gasteiger partial charge in [-0.2, -0.15) is 0 Å².